The van der Waals surface area contributed by atoms with E-state index in [0.29, 0.717) is 0 Å². The molecule has 2 N–H and O–H groups in total. The zero-order chi connectivity index (χ0) is 13.1. The number of rotatable bonds is 3. The van der Waals surface area contributed by atoms with E-state index in [1.54, 1.807) is 0 Å². The van der Waals surface area contributed by atoms with E-state index >= 15 is 0 Å². The smallest absolute Gasteiger partial charge is 0.280 e. The summed E-state index contributed by atoms with van der Waals surface area (Å²) in [6.07, 6.45) is 1.36. The molecule has 0 aliphatic rings. The molecule has 0 unspecified atom stereocenters. The van der Waals surface area contributed by atoms with Crippen molar-refractivity contribution in [2.75, 3.05) is 5.32 Å². The van der Waals surface area contributed by atoms with Crippen LogP contribution in [0.1, 0.15) is 10.5 Å². The molecule has 0 saturated carbocycles. The number of nitrogens with zero attached hydrogens (tertiary/aromatic N) is 6. The molecule has 0 fully saturated rings. The first-order valence-electron chi connectivity index (χ1n) is 5.35. The number of hydrogen-bond acceptors (Lipinski definition) is 6. The highest BCUT2D eigenvalue weighted by atomic mass is 16.2. The maximum atomic E-state index is 11.8. The number of para-hydroxylation sites is 1. The van der Waals surface area contributed by atoms with E-state index in [1.165, 1.54) is 11.0 Å². The predicted octanol–water partition coefficient (Wildman–Crippen LogP) is 0.0327. The summed E-state index contributed by atoms with van der Waals surface area (Å²) >= 11 is 0. The van der Waals surface area contributed by atoms with Crippen molar-refractivity contribution >= 4 is 11.9 Å². The van der Waals surface area contributed by atoms with Crippen molar-refractivity contribution in [1.82, 2.24) is 35.6 Å². The van der Waals surface area contributed by atoms with Crippen molar-refractivity contribution in [3.63, 3.8) is 0 Å². The number of nitrogens with one attached hydrogen (secondary N) is 2. The van der Waals surface area contributed by atoms with Crippen LogP contribution in [0.25, 0.3) is 5.69 Å². The molecule has 9 nitrogen and oxygen atoms in total. The summed E-state index contributed by atoms with van der Waals surface area (Å²) in [5, 5.41) is 23.3. The van der Waals surface area contributed by atoms with Gasteiger partial charge in [0.15, 0.2) is 5.69 Å². The van der Waals surface area contributed by atoms with Crippen molar-refractivity contribution in [3.8, 4) is 5.69 Å². The Kier molecular flexibility index (Phi) is 2.69. The van der Waals surface area contributed by atoms with Crippen LogP contribution in [0.2, 0.25) is 0 Å². The molecule has 0 bridgehead atoms. The highest BCUT2D eigenvalue weighted by molar-refractivity contribution is 6.01. The minimum absolute atomic E-state index is 0.0826. The highest BCUT2D eigenvalue weighted by Gasteiger charge is 2.13. The normalized spacial score (nSPS) is 10.3. The average Bonchev–Trinajstić information content (AvgIpc) is 3.10. The summed E-state index contributed by atoms with van der Waals surface area (Å²) in [7, 11) is 0. The van der Waals surface area contributed by atoms with Crippen LogP contribution in [-0.2, 0) is 0 Å². The fourth-order valence-corrected chi connectivity index (χ4v) is 1.43. The fraction of sp³-hybridized carbons (Fsp3) is 0. The number of carbonyl (C=O) groups excluding carboxylic acids is 1. The second-order valence-electron chi connectivity index (χ2n) is 3.54. The predicted molar refractivity (Wildman–Crippen MR) is 63.5 cm³/mol. The second-order valence-corrected chi connectivity index (χ2v) is 3.54. The van der Waals surface area contributed by atoms with E-state index in [0.717, 1.165) is 5.69 Å². The van der Waals surface area contributed by atoms with Crippen molar-refractivity contribution in [2.45, 2.75) is 0 Å². The SMILES string of the molecule is O=C(Nc1nn[nH]n1)c1cnn(-c2ccccc2)n1. The van der Waals surface area contributed by atoms with E-state index in [2.05, 4.69) is 36.1 Å². The third-order valence-electron chi connectivity index (χ3n) is 2.28. The number of aromatic amines is 1. The Hall–Kier alpha value is -3.10. The third kappa shape index (κ3) is 2.29. The van der Waals surface area contributed by atoms with Gasteiger partial charge in [-0.2, -0.15) is 15.1 Å². The fourth-order valence-electron chi connectivity index (χ4n) is 1.43. The number of carbonyl (C=O) groups is 1. The van der Waals surface area contributed by atoms with Crippen LogP contribution in [0.15, 0.2) is 36.5 Å². The second kappa shape index (κ2) is 4.64. The summed E-state index contributed by atoms with van der Waals surface area (Å²) in [6, 6.07) is 9.27. The molecule has 0 spiro atoms. The van der Waals surface area contributed by atoms with Gasteiger partial charge in [-0.25, -0.2) is 0 Å². The van der Waals surface area contributed by atoms with Gasteiger partial charge in [-0.1, -0.05) is 23.3 Å². The maximum absolute atomic E-state index is 11.8. The molecular weight excluding hydrogens is 248 g/mol. The zero-order valence-electron chi connectivity index (χ0n) is 9.56. The van der Waals surface area contributed by atoms with Crippen molar-refractivity contribution in [2.24, 2.45) is 0 Å². The van der Waals surface area contributed by atoms with Crippen molar-refractivity contribution in [3.05, 3.63) is 42.2 Å². The molecule has 1 aromatic carbocycles. The lowest BCUT2D eigenvalue weighted by Gasteiger charge is -1.97. The van der Waals surface area contributed by atoms with Crippen LogP contribution in [0, 0.1) is 0 Å². The monoisotopic (exact) mass is 256 g/mol. The number of benzene rings is 1. The Morgan fingerprint density at radius 2 is 2.11 bits per heavy atom. The van der Waals surface area contributed by atoms with Crippen LogP contribution < -0.4 is 5.32 Å². The van der Waals surface area contributed by atoms with Crippen LogP contribution in [0.5, 0.6) is 0 Å². The number of hydrogen-bond donors (Lipinski definition) is 2. The number of anilines is 1. The van der Waals surface area contributed by atoms with Gasteiger partial charge in [0.25, 0.3) is 11.9 Å². The summed E-state index contributed by atoms with van der Waals surface area (Å²) < 4.78 is 0. The van der Waals surface area contributed by atoms with Gasteiger partial charge in [-0.05, 0) is 17.3 Å². The van der Waals surface area contributed by atoms with Crippen LogP contribution in [0.3, 0.4) is 0 Å². The van der Waals surface area contributed by atoms with E-state index in [9.17, 15) is 4.79 Å². The first kappa shape index (κ1) is 11.0. The zero-order valence-corrected chi connectivity index (χ0v) is 9.56. The molecule has 0 aliphatic heterocycles. The van der Waals surface area contributed by atoms with Crippen LogP contribution in [0.4, 0.5) is 5.95 Å². The summed E-state index contributed by atoms with van der Waals surface area (Å²) in [6.45, 7) is 0. The number of amides is 1. The van der Waals surface area contributed by atoms with Crippen LogP contribution in [-0.4, -0.2) is 41.5 Å². The first-order valence-corrected chi connectivity index (χ1v) is 5.35. The van der Waals surface area contributed by atoms with Gasteiger partial charge in [0.1, 0.15) is 0 Å². The summed E-state index contributed by atoms with van der Waals surface area (Å²) in [5.74, 6) is -0.372. The van der Waals surface area contributed by atoms with Gasteiger partial charge in [-0.3, -0.25) is 10.1 Å². The molecule has 3 aromatic rings. The molecule has 9 heteroatoms. The van der Waals surface area contributed by atoms with E-state index < -0.39 is 5.91 Å². The molecular formula is C10H8N8O. The largest absolute Gasteiger partial charge is 0.286 e. The number of tetrazole rings is 1. The van der Waals surface area contributed by atoms with E-state index in [4.69, 9.17) is 0 Å². The molecule has 0 saturated heterocycles. The lowest BCUT2D eigenvalue weighted by atomic mass is 10.3. The topological polar surface area (TPSA) is 114 Å². The van der Waals surface area contributed by atoms with E-state index in [-0.39, 0.29) is 11.6 Å². The van der Waals surface area contributed by atoms with Gasteiger partial charge in [0.2, 0.25) is 0 Å². The van der Waals surface area contributed by atoms with Crippen molar-refractivity contribution < 1.29 is 4.79 Å². The summed E-state index contributed by atoms with van der Waals surface area (Å²) in [5.41, 5.74) is 0.926. The van der Waals surface area contributed by atoms with Crippen LogP contribution >= 0.6 is 0 Å². The minimum Gasteiger partial charge on any atom is -0.286 e. The van der Waals surface area contributed by atoms with Gasteiger partial charge < -0.3 is 0 Å². The number of aromatic nitrogens is 7. The minimum atomic E-state index is -0.455. The van der Waals surface area contributed by atoms with Gasteiger partial charge in [-0.15, -0.1) is 10.2 Å². The Balaban J connectivity index is 1.80. The summed E-state index contributed by atoms with van der Waals surface area (Å²) in [4.78, 5) is 13.2. The van der Waals surface area contributed by atoms with Gasteiger partial charge in [0.05, 0.1) is 11.9 Å². The van der Waals surface area contributed by atoms with Gasteiger partial charge in [0, 0.05) is 0 Å². The number of H-pyrrole nitrogens is 1. The Labute approximate surface area is 106 Å². The molecule has 0 aliphatic carbocycles. The first-order chi connectivity index (χ1) is 9.33. The third-order valence-corrected chi connectivity index (χ3v) is 2.28. The molecule has 0 radical (unpaired) electrons. The molecule has 3 rings (SSSR count). The molecule has 19 heavy (non-hydrogen) atoms. The Morgan fingerprint density at radius 3 is 2.84 bits per heavy atom. The van der Waals surface area contributed by atoms with Crippen molar-refractivity contribution in [1.29, 1.82) is 0 Å². The van der Waals surface area contributed by atoms with Gasteiger partial charge >= 0.3 is 0 Å². The molecule has 94 valence electrons. The molecule has 0 atom stereocenters. The lowest BCUT2D eigenvalue weighted by molar-refractivity contribution is 0.102. The standard InChI is InChI=1S/C10H8N8O/c19-9(12-10-13-16-17-14-10)8-6-11-18(15-8)7-4-2-1-3-5-7/h1-6H,(H2,12,13,14,16,17,19). The lowest BCUT2D eigenvalue weighted by Crippen LogP contribution is -2.14. The average molecular weight is 256 g/mol. The Bertz CT molecular complexity index is 675. The Morgan fingerprint density at radius 1 is 1.26 bits per heavy atom. The molecule has 2 heterocycles. The highest BCUT2D eigenvalue weighted by Crippen LogP contribution is 2.05. The quantitative estimate of drug-likeness (QED) is 0.683. The molecule has 1 amide bonds. The maximum Gasteiger partial charge on any atom is 0.280 e. The van der Waals surface area contributed by atoms with E-state index in [1.807, 2.05) is 30.3 Å². The molecule has 2 aromatic heterocycles.